The van der Waals surface area contributed by atoms with E-state index in [-0.39, 0.29) is 23.6 Å². The number of aliphatic imine (C=N–C) groups is 1. The highest BCUT2D eigenvalue weighted by Gasteiger charge is 2.47. The van der Waals surface area contributed by atoms with Gasteiger partial charge < -0.3 is 10.4 Å². The molecular weight excluding hydrogens is 309 g/mol. The van der Waals surface area contributed by atoms with E-state index >= 15 is 0 Å². The first-order valence-corrected chi connectivity index (χ1v) is 7.03. The summed E-state index contributed by atoms with van der Waals surface area (Å²) in [6, 6.07) is -2.37. The Morgan fingerprint density at radius 3 is 2.91 bits per heavy atom. The number of rotatable bonds is 2. The fourth-order valence-electron chi connectivity index (χ4n) is 2.70. The van der Waals surface area contributed by atoms with Gasteiger partial charge in [0.1, 0.15) is 11.6 Å². The quantitative estimate of drug-likeness (QED) is 0.821. The van der Waals surface area contributed by atoms with Crippen LogP contribution in [0.2, 0.25) is 0 Å². The van der Waals surface area contributed by atoms with Gasteiger partial charge in [0.2, 0.25) is 0 Å². The number of hydrogen-bond acceptors (Lipinski definition) is 4. The molecule has 0 radical (unpaired) electrons. The minimum Gasteiger partial charge on any atom is -0.508 e. The van der Waals surface area contributed by atoms with Gasteiger partial charge in [-0.25, -0.2) is 4.68 Å². The largest absolute Gasteiger partial charge is 0.508 e. The Morgan fingerprint density at radius 2 is 2.22 bits per heavy atom. The van der Waals surface area contributed by atoms with Crippen molar-refractivity contribution < 1.29 is 18.3 Å². The molecule has 0 saturated carbocycles. The lowest BCUT2D eigenvalue weighted by atomic mass is 9.96. The second-order valence-corrected chi connectivity index (χ2v) is 5.38. The van der Waals surface area contributed by atoms with Crippen molar-refractivity contribution in [1.29, 1.82) is 0 Å². The highest BCUT2D eigenvalue weighted by molar-refractivity contribution is 5.83. The summed E-state index contributed by atoms with van der Waals surface area (Å²) in [6.07, 6.45) is 3.42. The fourth-order valence-corrected chi connectivity index (χ4v) is 2.70. The summed E-state index contributed by atoms with van der Waals surface area (Å²) in [4.78, 5) is 4.13. The molecule has 2 N–H and O–H groups in total. The van der Waals surface area contributed by atoms with Crippen LogP contribution in [0, 0.1) is 0 Å². The van der Waals surface area contributed by atoms with Gasteiger partial charge in [0.15, 0.2) is 6.04 Å². The number of aliphatic hydroxyl groups is 1. The molecule has 0 bridgehead atoms. The van der Waals surface area contributed by atoms with Crippen molar-refractivity contribution in [3.63, 3.8) is 0 Å². The number of allylic oxidation sites excluding steroid dienone is 2. The topological polar surface area (TPSA) is 62.4 Å². The summed E-state index contributed by atoms with van der Waals surface area (Å²) < 4.78 is 41.1. The van der Waals surface area contributed by atoms with Crippen LogP contribution in [0.3, 0.4) is 0 Å². The molecule has 0 amide bonds. The fraction of sp³-hybridized carbons (Fsp3) is 0.333. The van der Waals surface area contributed by atoms with Crippen LogP contribution in [-0.4, -0.2) is 39.9 Å². The van der Waals surface area contributed by atoms with Crippen LogP contribution in [0.4, 0.5) is 19.0 Å². The third kappa shape index (κ3) is 2.88. The zero-order chi connectivity index (χ0) is 16.6. The maximum Gasteiger partial charge on any atom is 0.410 e. The molecule has 23 heavy (non-hydrogen) atoms. The number of alkyl halides is 3. The lowest BCUT2D eigenvalue weighted by molar-refractivity contribution is -0.173. The van der Waals surface area contributed by atoms with Gasteiger partial charge in [-0.3, -0.25) is 4.99 Å². The van der Waals surface area contributed by atoms with Crippen molar-refractivity contribution in [2.45, 2.75) is 24.7 Å². The molecule has 5 nitrogen and oxygen atoms in total. The van der Waals surface area contributed by atoms with Gasteiger partial charge in [0, 0.05) is 12.6 Å². The molecule has 0 aromatic carbocycles. The highest BCUT2D eigenvalue weighted by Crippen LogP contribution is 2.42. The Hall–Kier alpha value is -2.51. The standard InChI is InChI=1S/C15H15F3N4O/c1-9(23)11-8-20-22-13(15(16,17)18)6-12(21-14(11)22)10-4-2-3-5-19-7-10/h2-4,7-8,12-13,21,23H,1,5-6H2. The number of anilines is 1. The van der Waals surface area contributed by atoms with Gasteiger partial charge in [0.25, 0.3) is 0 Å². The molecule has 0 aliphatic carbocycles. The minimum absolute atomic E-state index is 0.110. The smallest absolute Gasteiger partial charge is 0.410 e. The Labute approximate surface area is 130 Å². The van der Waals surface area contributed by atoms with E-state index in [4.69, 9.17) is 0 Å². The maximum absolute atomic E-state index is 13.4. The van der Waals surface area contributed by atoms with Crippen molar-refractivity contribution in [3.05, 3.63) is 42.1 Å². The zero-order valence-corrected chi connectivity index (χ0v) is 12.1. The molecule has 2 unspecified atom stereocenters. The van der Waals surface area contributed by atoms with Crippen LogP contribution in [0.1, 0.15) is 18.0 Å². The first-order chi connectivity index (χ1) is 10.9. The molecule has 0 saturated heterocycles. The second-order valence-electron chi connectivity index (χ2n) is 5.38. The number of aliphatic hydroxyl groups excluding tert-OH is 1. The molecule has 2 aliphatic rings. The number of aromatic nitrogens is 2. The second kappa shape index (κ2) is 5.60. The van der Waals surface area contributed by atoms with Gasteiger partial charge in [0.05, 0.1) is 24.3 Å². The summed E-state index contributed by atoms with van der Waals surface area (Å²) in [5.41, 5.74) is 0.806. The summed E-state index contributed by atoms with van der Waals surface area (Å²) in [5, 5.41) is 16.4. The Balaban J connectivity index is 2.04. The number of halogens is 3. The summed E-state index contributed by atoms with van der Waals surface area (Å²) in [5.74, 6) is -0.220. The molecule has 3 rings (SSSR count). The molecule has 3 heterocycles. The van der Waals surface area contributed by atoms with E-state index in [9.17, 15) is 18.3 Å². The van der Waals surface area contributed by atoms with Crippen molar-refractivity contribution in [1.82, 2.24) is 9.78 Å². The van der Waals surface area contributed by atoms with E-state index in [0.29, 0.717) is 12.1 Å². The van der Waals surface area contributed by atoms with Crippen LogP contribution < -0.4 is 5.32 Å². The Kier molecular flexibility index (Phi) is 3.75. The van der Waals surface area contributed by atoms with Crippen molar-refractivity contribution in [2.75, 3.05) is 11.9 Å². The first-order valence-electron chi connectivity index (χ1n) is 7.03. The number of fused-ring (bicyclic) bond motifs is 1. The van der Waals surface area contributed by atoms with Crippen LogP contribution in [0.25, 0.3) is 5.76 Å². The predicted octanol–water partition coefficient (Wildman–Crippen LogP) is 3.27. The molecule has 1 aromatic heterocycles. The van der Waals surface area contributed by atoms with E-state index in [1.807, 2.05) is 6.08 Å². The summed E-state index contributed by atoms with van der Waals surface area (Å²) in [7, 11) is 0. The van der Waals surface area contributed by atoms with Gasteiger partial charge in [-0.15, -0.1) is 0 Å². The highest BCUT2D eigenvalue weighted by atomic mass is 19.4. The monoisotopic (exact) mass is 324 g/mol. The van der Waals surface area contributed by atoms with E-state index in [1.165, 1.54) is 6.20 Å². The van der Waals surface area contributed by atoms with Crippen molar-refractivity contribution >= 4 is 17.8 Å². The zero-order valence-electron chi connectivity index (χ0n) is 12.1. The minimum atomic E-state index is -4.45. The SMILES string of the molecule is C=C(O)c1cnn2c1NC(C1=CC=CCN=C1)CC2C(F)(F)F. The van der Waals surface area contributed by atoms with Crippen LogP contribution in [-0.2, 0) is 0 Å². The van der Waals surface area contributed by atoms with E-state index in [1.54, 1.807) is 18.4 Å². The average Bonchev–Trinajstić information content (AvgIpc) is 2.72. The normalized spacial score (nSPS) is 23.7. The van der Waals surface area contributed by atoms with E-state index < -0.39 is 18.3 Å². The van der Waals surface area contributed by atoms with E-state index in [2.05, 4.69) is 22.0 Å². The van der Waals surface area contributed by atoms with Gasteiger partial charge in [-0.05, 0) is 5.57 Å². The molecule has 0 spiro atoms. The van der Waals surface area contributed by atoms with Crippen LogP contribution in [0.5, 0.6) is 0 Å². The van der Waals surface area contributed by atoms with Crippen LogP contribution in [0.15, 0.2) is 41.6 Å². The number of nitrogens with zero attached hydrogens (tertiary/aromatic N) is 3. The summed E-state index contributed by atoms with van der Waals surface area (Å²) >= 11 is 0. The molecule has 2 atom stereocenters. The van der Waals surface area contributed by atoms with E-state index in [0.717, 1.165) is 4.68 Å². The maximum atomic E-state index is 13.4. The predicted molar refractivity (Wildman–Crippen MR) is 81.6 cm³/mol. The Bertz CT molecular complexity index is 715. The van der Waals surface area contributed by atoms with Crippen molar-refractivity contribution in [2.24, 2.45) is 4.99 Å². The summed E-state index contributed by atoms with van der Waals surface area (Å²) in [6.45, 7) is 3.87. The average molecular weight is 324 g/mol. The molecule has 2 aliphatic heterocycles. The first kappa shape index (κ1) is 15.4. The molecule has 8 heteroatoms. The third-order valence-electron chi connectivity index (χ3n) is 3.83. The lowest BCUT2D eigenvalue weighted by Gasteiger charge is -2.34. The number of nitrogens with one attached hydrogen (secondary N) is 1. The molecule has 0 fully saturated rings. The lowest BCUT2D eigenvalue weighted by Crippen LogP contribution is -2.40. The van der Waals surface area contributed by atoms with Gasteiger partial charge in [-0.2, -0.15) is 18.3 Å². The molecule has 1 aromatic rings. The Morgan fingerprint density at radius 1 is 1.43 bits per heavy atom. The van der Waals surface area contributed by atoms with Crippen LogP contribution >= 0.6 is 0 Å². The van der Waals surface area contributed by atoms with Gasteiger partial charge >= 0.3 is 6.18 Å². The number of hydrogen-bond donors (Lipinski definition) is 2. The molecule has 122 valence electrons. The third-order valence-corrected chi connectivity index (χ3v) is 3.83. The molecular formula is C15H15F3N4O. The van der Waals surface area contributed by atoms with Crippen molar-refractivity contribution in [3.8, 4) is 0 Å². The van der Waals surface area contributed by atoms with Gasteiger partial charge in [-0.1, -0.05) is 24.8 Å².